The Morgan fingerprint density at radius 2 is 1.82 bits per heavy atom. The maximum Gasteiger partial charge on any atom is 0.410 e. The number of alkyl halides is 3. The summed E-state index contributed by atoms with van der Waals surface area (Å²) in [6.45, 7) is 11.9. The molecule has 4 heterocycles. The van der Waals surface area contributed by atoms with Crippen molar-refractivity contribution in [2.45, 2.75) is 109 Å². The first-order chi connectivity index (χ1) is 23.6. The standard InChI is InChI=1S/C33H43ClF3N7O6S/c1-21-24(20-42(39-21)15-7-8-22-18-31(5,6)43(19-22)29(46)50-30(2,3)4)51(47,48)41-28(45)23-9-10-25(38-27(23)34)44-16-11-26(40-44)49-17-14-32(12-13-32)33(35,36)37/h9-11,16,20,22H,7-8,12-15,17-19H2,1-6H3,(H,41,45)/t22-/m0/s1. The molecule has 280 valence electrons. The average molecular weight is 758 g/mol. The second-order valence-electron chi connectivity index (χ2n) is 14.9. The zero-order valence-corrected chi connectivity index (χ0v) is 31.0. The van der Waals surface area contributed by atoms with Gasteiger partial charge in [-0.3, -0.25) is 9.48 Å². The second-order valence-corrected chi connectivity index (χ2v) is 16.9. The van der Waals surface area contributed by atoms with E-state index in [9.17, 15) is 31.2 Å². The van der Waals surface area contributed by atoms with E-state index in [-0.39, 0.29) is 76.4 Å². The first-order valence-electron chi connectivity index (χ1n) is 16.6. The van der Waals surface area contributed by atoms with Gasteiger partial charge in [0.15, 0.2) is 5.82 Å². The molecule has 1 atom stereocenters. The fourth-order valence-electron chi connectivity index (χ4n) is 6.28. The molecule has 1 saturated heterocycles. The van der Waals surface area contributed by atoms with Crippen molar-refractivity contribution in [3.63, 3.8) is 0 Å². The van der Waals surface area contributed by atoms with Crippen LogP contribution in [0.15, 0.2) is 35.5 Å². The lowest BCUT2D eigenvalue weighted by molar-refractivity contribution is -0.190. The van der Waals surface area contributed by atoms with Gasteiger partial charge in [-0.2, -0.15) is 18.3 Å². The third-order valence-corrected chi connectivity index (χ3v) is 10.9. The van der Waals surface area contributed by atoms with Gasteiger partial charge in [-0.15, -0.1) is 5.10 Å². The monoisotopic (exact) mass is 757 g/mol. The molecule has 0 unspecified atom stereocenters. The van der Waals surface area contributed by atoms with E-state index < -0.39 is 33.1 Å². The number of rotatable bonds is 12. The van der Waals surface area contributed by atoms with Gasteiger partial charge in [0.25, 0.3) is 15.9 Å². The molecule has 3 aromatic heterocycles. The minimum Gasteiger partial charge on any atom is -0.477 e. The number of sulfonamides is 1. The number of amides is 2. The van der Waals surface area contributed by atoms with Crippen LogP contribution in [0.5, 0.6) is 5.88 Å². The molecule has 2 aliphatic rings. The molecule has 0 spiro atoms. The van der Waals surface area contributed by atoms with E-state index in [0.717, 1.165) is 12.8 Å². The van der Waals surface area contributed by atoms with E-state index in [4.69, 9.17) is 21.1 Å². The number of carbonyl (C=O) groups is 2. The van der Waals surface area contributed by atoms with Crippen LogP contribution in [0.3, 0.4) is 0 Å². The van der Waals surface area contributed by atoms with Crippen LogP contribution in [0.1, 0.15) is 89.2 Å². The highest BCUT2D eigenvalue weighted by molar-refractivity contribution is 7.90. The van der Waals surface area contributed by atoms with Crippen molar-refractivity contribution in [1.82, 2.24) is 34.2 Å². The van der Waals surface area contributed by atoms with Gasteiger partial charge in [-0.05, 0) is 98.1 Å². The maximum atomic E-state index is 13.2. The summed E-state index contributed by atoms with van der Waals surface area (Å²) in [4.78, 5) is 31.5. The number of nitrogens with zero attached hydrogens (tertiary/aromatic N) is 6. The van der Waals surface area contributed by atoms with Crippen LogP contribution in [0.4, 0.5) is 18.0 Å². The topological polar surface area (TPSA) is 151 Å². The molecule has 18 heteroatoms. The molecule has 1 aliphatic carbocycles. The Balaban J connectivity index is 1.14. The lowest BCUT2D eigenvalue weighted by atomic mass is 9.93. The molecule has 0 aromatic carbocycles. The van der Waals surface area contributed by atoms with Crippen LogP contribution in [0.2, 0.25) is 5.15 Å². The highest BCUT2D eigenvalue weighted by Gasteiger charge is 2.62. The second kappa shape index (κ2) is 13.9. The zero-order chi connectivity index (χ0) is 37.6. The average Bonchev–Trinajstić information content (AvgIpc) is 3.32. The fourth-order valence-corrected chi connectivity index (χ4v) is 7.67. The molecule has 2 amide bonds. The first-order valence-corrected chi connectivity index (χ1v) is 18.5. The highest BCUT2D eigenvalue weighted by Crippen LogP contribution is 2.59. The molecule has 5 rings (SSSR count). The number of carbonyl (C=O) groups excluding carboxylic acids is 2. The van der Waals surface area contributed by atoms with Crippen LogP contribution in [0, 0.1) is 18.3 Å². The molecular weight excluding hydrogens is 715 g/mol. The minimum absolute atomic E-state index is 0.0838. The summed E-state index contributed by atoms with van der Waals surface area (Å²) < 4.78 is 81.7. The van der Waals surface area contributed by atoms with E-state index >= 15 is 0 Å². The summed E-state index contributed by atoms with van der Waals surface area (Å²) in [5, 5.41) is 8.18. The Bertz CT molecular complexity index is 1880. The van der Waals surface area contributed by atoms with Gasteiger partial charge in [-0.1, -0.05) is 11.6 Å². The smallest absolute Gasteiger partial charge is 0.410 e. The Labute approximate surface area is 299 Å². The van der Waals surface area contributed by atoms with E-state index in [1.807, 2.05) is 39.3 Å². The van der Waals surface area contributed by atoms with Crippen molar-refractivity contribution in [1.29, 1.82) is 0 Å². The number of likely N-dealkylation sites (tertiary alicyclic amines) is 1. The maximum absolute atomic E-state index is 13.2. The normalized spacial score (nSPS) is 18.5. The van der Waals surface area contributed by atoms with E-state index in [1.165, 1.54) is 46.9 Å². The molecule has 0 bridgehead atoms. The largest absolute Gasteiger partial charge is 0.477 e. The third kappa shape index (κ3) is 8.96. The summed E-state index contributed by atoms with van der Waals surface area (Å²) >= 11 is 6.27. The van der Waals surface area contributed by atoms with Gasteiger partial charge < -0.3 is 14.4 Å². The van der Waals surface area contributed by atoms with Gasteiger partial charge in [0.05, 0.1) is 23.3 Å². The Hall–Kier alpha value is -3.86. The Morgan fingerprint density at radius 1 is 1.12 bits per heavy atom. The number of nitrogens with one attached hydrogen (secondary N) is 1. The number of aromatic nitrogens is 5. The van der Waals surface area contributed by atoms with E-state index in [2.05, 4.69) is 15.2 Å². The Kier molecular flexibility index (Phi) is 10.5. The van der Waals surface area contributed by atoms with E-state index in [0.29, 0.717) is 19.5 Å². The lowest BCUT2D eigenvalue weighted by Gasteiger charge is -2.33. The van der Waals surface area contributed by atoms with Gasteiger partial charge in [0.1, 0.15) is 15.6 Å². The molecule has 3 aromatic rings. The highest BCUT2D eigenvalue weighted by atomic mass is 35.5. The summed E-state index contributed by atoms with van der Waals surface area (Å²) in [6.07, 6.45) is 0.498. The third-order valence-electron chi connectivity index (χ3n) is 9.15. The first kappa shape index (κ1) is 38.4. The molecule has 1 saturated carbocycles. The van der Waals surface area contributed by atoms with Gasteiger partial charge in [0.2, 0.25) is 5.88 Å². The van der Waals surface area contributed by atoms with Crippen molar-refractivity contribution in [2.75, 3.05) is 13.2 Å². The van der Waals surface area contributed by atoms with Gasteiger partial charge >= 0.3 is 12.3 Å². The summed E-state index contributed by atoms with van der Waals surface area (Å²) in [5.41, 5.74) is -2.63. The zero-order valence-electron chi connectivity index (χ0n) is 29.4. The number of ether oxygens (including phenoxy) is 2. The summed E-state index contributed by atoms with van der Waals surface area (Å²) in [5.74, 6) is -0.513. The van der Waals surface area contributed by atoms with Crippen molar-refractivity contribution >= 4 is 33.6 Å². The van der Waals surface area contributed by atoms with Crippen molar-refractivity contribution in [3.8, 4) is 11.7 Å². The molecule has 2 fully saturated rings. The summed E-state index contributed by atoms with van der Waals surface area (Å²) in [6, 6.07) is 4.12. The Morgan fingerprint density at radius 3 is 2.45 bits per heavy atom. The molecular formula is C33H43ClF3N7O6S. The van der Waals surface area contributed by atoms with Crippen molar-refractivity contribution in [2.24, 2.45) is 11.3 Å². The van der Waals surface area contributed by atoms with Gasteiger partial charge in [0, 0.05) is 37.1 Å². The van der Waals surface area contributed by atoms with Crippen LogP contribution in [-0.2, 0) is 21.3 Å². The molecule has 13 nitrogen and oxygen atoms in total. The van der Waals surface area contributed by atoms with Crippen LogP contribution in [-0.4, -0.2) is 80.3 Å². The number of aryl methyl sites for hydroxylation is 2. The van der Waals surface area contributed by atoms with Gasteiger partial charge in [-0.25, -0.2) is 27.6 Å². The minimum atomic E-state index is -4.34. The SMILES string of the molecule is Cc1nn(CCC[C@@H]2CN(C(=O)OC(C)(C)C)C(C)(C)C2)cc1S(=O)(=O)NC(=O)c1ccc(-n2ccc(OCCC3(C(F)(F)F)CC3)n2)nc1Cl. The number of halogens is 4. The van der Waals surface area contributed by atoms with Crippen LogP contribution >= 0.6 is 11.6 Å². The predicted molar refractivity (Wildman–Crippen MR) is 180 cm³/mol. The van der Waals surface area contributed by atoms with Crippen LogP contribution in [0.25, 0.3) is 5.82 Å². The predicted octanol–water partition coefficient (Wildman–Crippen LogP) is 6.47. The number of pyridine rings is 1. The van der Waals surface area contributed by atoms with Crippen LogP contribution < -0.4 is 9.46 Å². The summed E-state index contributed by atoms with van der Waals surface area (Å²) in [7, 11) is -4.34. The van der Waals surface area contributed by atoms with E-state index in [1.54, 1.807) is 4.90 Å². The number of hydrogen-bond acceptors (Lipinski definition) is 9. The van der Waals surface area contributed by atoms with Crippen molar-refractivity contribution in [3.05, 3.63) is 47.0 Å². The fraction of sp³-hybridized carbons (Fsp3) is 0.606. The molecule has 51 heavy (non-hydrogen) atoms. The number of hydrogen-bond donors (Lipinski definition) is 1. The molecule has 0 radical (unpaired) electrons. The van der Waals surface area contributed by atoms with Crippen molar-refractivity contribution < 1.29 is 40.7 Å². The quantitative estimate of drug-likeness (QED) is 0.205. The molecule has 1 N–H and O–H groups in total. The lowest BCUT2D eigenvalue weighted by Crippen LogP contribution is -2.45. The molecule has 1 aliphatic heterocycles.